The van der Waals surface area contributed by atoms with Crippen LogP contribution in [0, 0.1) is 10.1 Å². The second kappa shape index (κ2) is 4.65. The van der Waals surface area contributed by atoms with Gasteiger partial charge < -0.3 is 5.73 Å². The smallest absolute Gasteiger partial charge is 0.272 e. The second-order valence-corrected chi connectivity index (χ2v) is 2.89. The molecule has 0 heterocycles. The number of nitro groups is 1. The number of nitro benzene ring substituents is 1. The number of nitrogens with two attached hydrogens (primary N) is 1. The molecule has 2 N–H and O–H groups in total. The molecule has 0 atom stereocenters. The number of rotatable bonds is 1. The zero-order valence-corrected chi connectivity index (χ0v) is 8.57. The van der Waals surface area contributed by atoms with Gasteiger partial charge in [-0.15, -0.1) is 0 Å². The fourth-order valence-electron chi connectivity index (χ4n) is 0.676. The van der Waals surface area contributed by atoms with E-state index < -0.39 is 4.92 Å². The van der Waals surface area contributed by atoms with E-state index in [0.29, 0.717) is 0 Å². The number of nitrogens with zero attached hydrogens (tertiary/aromatic N) is 1. The summed E-state index contributed by atoms with van der Waals surface area (Å²) in [6.45, 7) is 0. The van der Waals surface area contributed by atoms with E-state index in [1.807, 2.05) is 0 Å². The number of hydrogen-bond acceptors (Lipinski definition) is 3. The van der Waals surface area contributed by atoms with E-state index in [9.17, 15) is 10.1 Å². The van der Waals surface area contributed by atoms with Gasteiger partial charge in [0.1, 0.15) is 0 Å². The van der Waals surface area contributed by atoms with Crippen molar-refractivity contribution < 1.29 is 21.4 Å². The maximum absolute atomic E-state index is 10.3. The van der Waals surface area contributed by atoms with Crippen LogP contribution in [-0.4, -0.2) is 4.92 Å². The normalized spacial score (nSPS) is 9.08. The molecule has 0 fully saturated rings. The summed E-state index contributed by atoms with van der Waals surface area (Å²) in [7, 11) is 0. The SMILES string of the molecule is Nc1c(Cl)cc([N+](=O)[O-])cc1Cl.[Ni]. The Morgan fingerprint density at radius 2 is 1.69 bits per heavy atom. The Bertz CT molecular complexity index is 322. The molecule has 0 bridgehead atoms. The summed E-state index contributed by atoms with van der Waals surface area (Å²) in [5.74, 6) is 0. The van der Waals surface area contributed by atoms with E-state index in [1.54, 1.807) is 0 Å². The van der Waals surface area contributed by atoms with Crippen LogP contribution in [0.1, 0.15) is 0 Å². The molecule has 74 valence electrons. The zero-order valence-electron chi connectivity index (χ0n) is 6.07. The summed E-state index contributed by atoms with van der Waals surface area (Å²) in [6.07, 6.45) is 0. The molecule has 7 heteroatoms. The van der Waals surface area contributed by atoms with Crippen LogP contribution < -0.4 is 5.73 Å². The molecule has 0 radical (unpaired) electrons. The van der Waals surface area contributed by atoms with E-state index >= 15 is 0 Å². The average molecular weight is 266 g/mol. The third-order valence-electron chi connectivity index (χ3n) is 1.27. The molecule has 1 rings (SSSR count). The topological polar surface area (TPSA) is 69.2 Å². The largest absolute Gasteiger partial charge is 0.396 e. The monoisotopic (exact) mass is 264 g/mol. The third-order valence-corrected chi connectivity index (χ3v) is 1.90. The van der Waals surface area contributed by atoms with Crippen LogP contribution in [0.4, 0.5) is 11.4 Å². The number of halogens is 2. The Hall–Kier alpha value is -0.506. The Morgan fingerprint density at radius 1 is 1.31 bits per heavy atom. The van der Waals surface area contributed by atoms with Crippen molar-refractivity contribution in [2.75, 3.05) is 5.73 Å². The van der Waals surface area contributed by atoms with E-state index in [-0.39, 0.29) is 37.9 Å². The molecule has 0 saturated heterocycles. The molecule has 1 aromatic carbocycles. The van der Waals surface area contributed by atoms with E-state index in [0.717, 1.165) is 12.1 Å². The van der Waals surface area contributed by atoms with Gasteiger partial charge in [0.25, 0.3) is 5.69 Å². The first-order valence-electron chi connectivity index (χ1n) is 2.91. The molecule has 0 amide bonds. The summed E-state index contributed by atoms with van der Waals surface area (Å²) in [5, 5.41) is 10.4. The molecule has 0 aromatic heterocycles. The maximum atomic E-state index is 10.3. The number of nitrogen functional groups attached to an aromatic ring is 1. The summed E-state index contributed by atoms with van der Waals surface area (Å²) < 4.78 is 0. The van der Waals surface area contributed by atoms with Crippen molar-refractivity contribution in [3.05, 3.63) is 32.3 Å². The van der Waals surface area contributed by atoms with E-state index in [1.165, 1.54) is 0 Å². The summed E-state index contributed by atoms with van der Waals surface area (Å²) in [5.41, 5.74) is 5.35. The van der Waals surface area contributed by atoms with Gasteiger partial charge in [-0.2, -0.15) is 0 Å². The van der Waals surface area contributed by atoms with E-state index in [4.69, 9.17) is 28.9 Å². The van der Waals surface area contributed by atoms with Gasteiger partial charge >= 0.3 is 0 Å². The van der Waals surface area contributed by atoms with Crippen LogP contribution in [0.3, 0.4) is 0 Å². The van der Waals surface area contributed by atoms with Gasteiger partial charge in [0.15, 0.2) is 0 Å². The maximum Gasteiger partial charge on any atom is 0.272 e. The minimum absolute atomic E-state index is 0. The van der Waals surface area contributed by atoms with Crippen LogP contribution in [0.5, 0.6) is 0 Å². The number of non-ortho nitro benzene ring substituents is 1. The van der Waals surface area contributed by atoms with Crippen LogP contribution >= 0.6 is 23.2 Å². The second-order valence-electron chi connectivity index (χ2n) is 2.08. The summed E-state index contributed by atoms with van der Waals surface area (Å²) >= 11 is 11.1. The number of benzene rings is 1. The molecule has 0 spiro atoms. The predicted molar refractivity (Wildman–Crippen MR) is 47.5 cm³/mol. The minimum Gasteiger partial charge on any atom is -0.396 e. The van der Waals surface area contributed by atoms with Gasteiger partial charge in [0.05, 0.1) is 20.7 Å². The van der Waals surface area contributed by atoms with Gasteiger partial charge in [0, 0.05) is 28.6 Å². The van der Waals surface area contributed by atoms with Crippen LogP contribution in [0.25, 0.3) is 0 Å². The van der Waals surface area contributed by atoms with Crippen molar-refractivity contribution in [2.24, 2.45) is 0 Å². The first kappa shape index (κ1) is 12.5. The Labute approximate surface area is 94.1 Å². The van der Waals surface area contributed by atoms with Crippen LogP contribution in [0.2, 0.25) is 10.0 Å². The van der Waals surface area contributed by atoms with Crippen molar-refractivity contribution in [1.82, 2.24) is 0 Å². The molecule has 0 unspecified atom stereocenters. The van der Waals surface area contributed by atoms with Gasteiger partial charge in [-0.3, -0.25) is 10.1 Å². The molecule has 13 heavy (non-hydrogen) atoms. The average Bonchev–Trinajstić information content (AvgIpc) is 1.99. The van der Waals surface area contributed by atoms with Crippen LogP contribution in [0.15, 0.2) is 12.1 Å². The molecule has 0 saturated carbocycles. The van der Waals surface area contributed by atoms with Crippen molar-refractivity contribution >= 4 is 34.6 Å². The third kappa shape index (κ3) is 2.73. The van der Waals surface area contributed by atoms with Gasteiger partial charge in [-0.05, 0) is 0 Å². The molecule has 0 aliphatic carbocycles. The van der Waals surface area contributed by atoms with Gasteiger partial charge in [-0.1, -0.05) is 23.2 Å². The zero-order chi connectivity index (χ0) is 9.30. The van der Waals surface area contributed by atoms with E-state index in [2.05, 4.69) is 0 Å². The Morgan fingerprint density at radius 3 is 2.00 bits per heavy atom. The number of anilines is 1. The van der Waals surface area contributed by atoms with Crippen molar-refractivity contribution in [3.63, 3.8) is 0 Å². The Kier molecular flexibility index (Phi) is 4.47. The quantitative estimate of drug-likeness (QED) is 0.367. The number of hydrogen-bond donors (Lipinski definition) is 1. The van der Waals surface area contributed by atoms with Gasteiger partial charge in [-0.25, -0.2) is 0 Å². The van der Waals surface area contributed by atoms with Crippen molar-refractivity contribution in [3.8, 4) is 0 Å². The van der Waals surface area contributed by atoms with Gasteiger partial charge in [0.2, 0.25) is 0 Å². The molecule has 1 aromatic rings. The van der Waals surface area contributed by atoms with Crippen LogP contribution in [-0.2, 0) is 16.5 Å². The molecule has 0 aliphatic heterocycles. The Balaban J connectivity index is 0.00000144. The minimum atomic E-state index is -0.586. The fourth-order valence-corrected chi connectivity index (χ4v) is 1.15. The summed E-state index contributed by atoms with van der Waals surface area (Å²) in [4.78, 5) is 9.68. The van der Waals surface area contributed by atoms with Crippen molar-refractivity contribution in [1.29, 1.82) is 0 Å². The fraction of sp³-hybridized carbons (Fsp3) is 0. The first-order valence-corrected chi connectivity index (χ1v) is 3.67. The molecular formula is C6H4Cl2N2NiO2. The molecule has 0 aliphatic rings. The standard InChI is InChI=1S/C6H4Cl2N2O2.Ni/c7-4-1-3(10(11)12)2-5(8)6(4)9;/h1-2H,9H2;. The van der Waals surface area contributed by atoms with Crippen molar-refractivity contribution in [2.45, 2.75) is 0 Å². The molecular weight excluding hydrogens is 262 g/mol. The summed E-state index contributed by atoms with van der Waals surface area (Å²) in [6, 6.07) is 2.31. The first-order chi connectivity index (χ1) is 5.52. The molecule has 4 nitrogen and oxygen atoms in total. The predicted octanol–water partition coefficient (Wildman–Crippen LogP) is 2.48.